The SMILES string of the molecule is CC[C@@H](C(=O)O)N1C(=O)CCn2nc(C)cc21. The molecule has 0 aromatic carbocycles. The molecule has 6 nitrogen and oxygen atoms in total. The van der Waals surface area contributed by atoms with Crippen molar-refractivity contribution in [1.82, 2.24) is 9.78 Å². The Balaban J connectivity index is 2.44. The number of amides is 1. The van der Waals surface area contributed by atoms with Gasteiger partial charge in [-0.25, -0.2) is 9.48 Å². The minimum atomic E-state index is -0.979. The van der Waals surface area contributed by atoms with Crippen molar-refractivity contribution >= 4 is 17.7 Å². The van der Waals surface area contributed by atoms with E-state index in [1.807, 2.05) is 6.92 Å². The molecule has 1 aromatic heterocycles. The average Bonchev–Trinajstić information content (AvgIpc) is 2.63. The van der Waals surface area contributed by atoms with Gasteiger partial charge in [0.2, 0.25) is 5.91 Å². The lowest BCUT2D eigenvalue weighted by atomic mass is 10.1. The number of carbonyl (C=O) groups is 2. The Bertz CT molecular complexity index is 467. The summed E-state index contributed by atoms with van der Waals surface area (Å²) in [5, 5.41) is 13.4. The summed E-state index contributed by atoms with van der Waals surface area (Å²) in [6.45, 7) is 4.11. The van der Waals surface area contributed by atoms with Gasteiger partial charge < -0.3 is 5.11 Å². The number of fused-ring (bicyclic) bond motifs is 1. The van der Waals surface area contributed by atoms with Crippen molar-refractivity contribution in [3.63, 3.8) is 0 Å². The molecule has 0 fully saturated rings. The predicted molar refractivity (Wildman–Crippen MR) is 60.8 cm³/mol. The summed E-state index contributed by atoms with van der Waals surface area (Å²) in [5.74, 6) is -0.534. The van der Waals surface area contributed by atoms with Crippen LogP contribution in [0.2, 0.25) is 0 Å². The predicted octanol–water partition coefficient (Wildman–Crippen LogP) is 0.791. The number of aromatic nitrogens is 2. The second-order valence-corrected chi connectivity index (χ2v) is 4.14. The molecule has 0 radical (unpaired) electrons. The average molecular weight is 237 g/mol. The first-order valence-corrected chi connectivity index (χ1v) is 5.64. The van der Waals surface area contributed by atoms with Gasteiger partial charge >= 0.3 is 5.97 Å². The maximum absolute atomic E-state index is 11.9. The number of carbonyl (C=O) groups excluding carboxylic acids is 1. The van der Waals surface area contributed by atoms with Crippen LogP contribution in [0.15, 0.2) is 6.07 Å². The van der Waals surface area contributed by atoms with Crippen molar-refractivity contribution in [2.24, 2.45) is 0 Å². The van der Waals surface area contributed by atoms with Crippen LogP contribution in [0, 0.1) is 6.92 Å². The maximum Gasteiger partial charge on any atom is 0.326 e. The summed E-state index contributed by atoms with van der Waals surface area (Å²) >= 11 is 0. The topological polar surface area (TPSA) is 75.4 Å². The number of rotatable bonds is 3. The third kappa shape index (κ3) is 1.90. The van der Waals surface area contributed by atoms with E-state index in [9.17, 15) is 9.59 Å². The lowest BCUT2D eigenvalue weighted by Crippen LogP contribution is -2.48. The van der Waals surface area contributed by atoms with Gasteiger partial charge in [0.25, 0.3) is 0 Å². The Morgan fingerprint density at radius 3 is 2.94 bits per heavy atom. The van der Waals surface area contributed by atoms with Gasteiger partial charge in [-0.05, 0) is 13.3 Å². The Morgan fingerprint density at radius 1 is 1.65 bits per heavy atom. The van der Waals surface area contributed by atoms with E-state index < -0.39 is 12.0 Å². The summed E-state index contributed by atoms with van der Waals surface area (Å²) in [6, 6.07) is 0.945. The number of carboxylic acid groups (broad SMARTS) is 1. The van der Waals surface area contributed by atoms with E-state index >= 15 is 0 Å². The zero-order chi connectivity index (χ0) is 12.6. The highest BCUT2D eigenvalue weighted by molar-refractivity contribution is 5.99. The van der Waals surface area contributed by atoms with E-state index in [0.717, 1.165) is 5.69 Å². The molecular formula is C11H15N3O3. The molecule has 6 heteroatoms. The molecule has 1 amide bonds. The molecule has 1 aromatic rings. The molecule has 0 bridgehead atoms. The fraction of sp³-hybridized carbons (Fsp3) is 0.545. The second-order valence-electron chi connectivity index (χ2n) is 4.14. The molecule has 2 heterocycles. The summed E-state index contributed by atoms with van der Waals surface area (Å²) in [7, 11) is 0. The minimum Gasteiger partial charge on any atom is -0.480 e. The van der Waals surface area contributed by atoms with Crippen molar-refractivity contribution in [1.29, 1.82) is 0 Å². The Kier molecular flexibility index (Phi) is 2.87. The third-order valence-corrected chi connectivity index (χ3v) is 2.92. The van der Waals surface area contributed by atoms with Crippen LogP contribution in [-0.4, -0.2) is 32.8 Å². The lowest BCUT2D eigenvalue weighted by Gasteiger charge is -2.31. The van der Waals surface area contributed by atoms with Crippen LogP contribution in [0.25, 0.3) is 0 Å². The molecule has 0 unspecified atom stereocenters. The van der Waals surface area contributed by atoms with E-state index in [2.05, 4.69) is 5.10 Å². The summed E-state index contributed by atoms with van der Waals surface area (Å²) in [4.78, 5) is 24.4. The number of carboxylic acids is 1. The van der Waals surface area contributed by atoms with Crippen LogP contribution in [0.5, 0.6) is 0 Å². The van der Waals surface area contributed by atoms with Crippen LogP contribution >= 0.6 is 0 Å². The van der Waals surface area contributed by atoms with Crippen LogP contribution < -0.4 is 4.90 Å². The first kappa shape index (κ1) is 11.6. The molecular weight excluding hydrogens is 222 g/mol. The number of aliphatic carboxylic acids is 1. The number of nitrogens with zero attached hydrogens (tertiary/aromatic N) is 3. The van der Waals surface area contributed by atoms with Gasteiger partial charge in [-0.1, -0.05) is 6.92 Å². The zero-order valence-electron chi connectivity index (χ0n) is 9.88. The molecule has 0 saturated carbocycles. The standard InChI is InChI=1S/C11H15N3O3/c1-3-8(11(16)17)14-9-6-7(2)12-13(9)5-4-10(14)15/h6,8H,3-5H2,1-2H3,(H,16,17)/t8-/m0/s1. The van der Waals surface area contributed by atoms with E-state index in [-0.39, 0.29) is 5.91 Å². The van der Waals surface area contributed by atoms with Gasteiger partial charge in [0.05, 0.1) is 12.2 Å². The van der Waals surface area contributed by atoms with Gasteiger partial charge in [-0.15, -0.1) is 0 Å². The van der Waals surface area contributed by atoms with Crippen molar-refractivity contribution in [3.05, 3.63) is 11.8 Å². The fourth-order valence-corrected chi connectivity index (χ4v) is 2.14. The smallest absolute Gasteiger partial charge is 0.326 e. The van der Waals surface area contributed by atoms with Crippen molar-refractivity contribution in [3.8, 4) is 0 Å². The maximum atomic E-state index is 11.9. The van der Waals surface area contributed by atoms with Gasteiger partial charge in [-0.2, -0.15) is 5.10 Å². The van der Waals surface area contributed by atoms with Crippen molar-refractivity contribution in [2.75, 3.05) is 4.90 Å². The van der Waals surface area contributed by atoms with Crippen molar-refractivity contribution < 1.29 is 14.7 Å². The number of hydrogen-bond donors (Lipinski definition) is 1. The van der Waals surface area contributed by atoms with Crippen LogP contribution in [0.3, 0.4) is 0 Å². The van der Waals surface area contributed by atoms with Crippen LogP contribution in [0.4, 0.5) is 5.82 Å². The number of aryl methyl sites for hydroxylation is 2. The summed E-state index contributed by atoms with van der Waals surface area (Å²) in [5.41, 5.74) is 0.792. The van der Waals surface area contributed by atoms with E-state index in [4.69, 9.17) is 5.11 Å². The Hall–Kier alpha value is -1.85. The molecule has 92 valence electrons. The quantitative estimate of drug-likeness (QED) is 0.843. The number of hydrogen-bond acceptors (Lipinski definition) is 3. The van der Waals surface area contributed by atoms with Gasteiger partial charge in [-0.3, -0.25) is 9.69 Å². The normalized spacial score (nSPS) is 16.8. The Labute approximate surface area is 98.8 Å². The highest BCUT2D eigenvalue weighted by Gasteiger charge is 2.34. The Morgan fingerprint density at radius 2 is 2.35 bits per heavy atom. The second kappa shape index (κ2) is 4.20. The monoisotopic (exact) mass is 237 g/mol. The molecule has 17 heavy (non-hydrogen) atoms. The molecule has 0 spiro atoms. The number of anilines is 1. The van der Waals surface area contributed by atoms with Crippen LogP contribution in [-0.2, 0) is 16.1 Å². The molecule has 0 aliphatic carbocycles. The van der Waals surface area contributed by atoms with Crippen molar-refractivity contribution in [2.45, 2.75) is 39.3 Å². The lowest BCUT2D eigenvalue weighted by molar-refractivity contribution is -0.140. The minimum absolute atomic E-state index is 0.147. The van der Waals surface area contributed by atoms with Gasteiger partial charge in [0, 0.05) is 12.5 Å². The summed E-state index contributed by atoms with van der Waals surface area (Å²) in [6.07, 6.45) is 0.684. The third-order valence-electron chi connectivity index (χ3n) is 2.92. The molecule has 1 N–H and O–H groups in total. The van der Waals surface area contributed by atoms with Gasteiger partial charge in [0.15, 0.2) is 0 Å². The molecule has 1 aliphatic heterocycles. The van der Waals surface area contributed by atoms with E-state index in [1.54, 1.807) is 17.7 Å². The fourth-order valence-electron chi connectivity index (χ4n) is 2.14. The van der Waals surface area contributed by atoms with E-state index in [1.165, 1.54) is 4.90 Å². The largest absolute Gasteiger partial charge is 0.480 e. The first-order chi connectivity index (χ1) is 8.04. The highest BCUT2D eigenvalue weighted by atomic mass is 16.4. The highest BCUT2D eigenvalue weighted by Crippen LogP contribution is 2.25. The molecule has 2 rings (SSSR count). The zero-order valence-corrected chi connectivity index (χ0v) is 9.88. The molecule has 1 atom stereocenters. The molecule has 1 aliphatic rings. The van der Waals surface area contributed by atoms with E-state index in [0.29, 0.717) is 25.2 Å². The van der Waals surface area contributed by atoms with Gasteiger partial charge in [0.1, 0.15) is 11.9 Å². The van der Waals surface area contributed by atoms with Crippen LogP contribution in [0.1, 0.15) is 25.5 Å². The molecule has 0 saturated heterocycles. The first-order valence-electron chi connectivity index (χ1n) is 5.64. The summed E-state index contributed by atoms with van der Waals surface area (Å²) < 4.78 is 1.70.